The van der Waals surface area contributed by atoms with E-state index in [1.165, 1.54) is 12.1 Å². The van der Waals surface area contributed by atoms with Crippen molar-refractivity contribution in [2.24, 2.45) is 5.92 Å². The monoisotopic (exact) mass is 371 g/mol. The minimum Gasteiger partial charge on any atom is -0.385 e. The molecule has 2 saturated heterocycles. The normalized spacial score (nSPS) is 26.2. The lowest BCUT2D eigenvalue weighted by Crippen LogP contribution is -2.44. The van der Waals surface area contributed by atoms with Gasteiger partial charge in [0.15, 0.2) is 0 Å². The van der Waals surface area contributed by atoms with Crippen LogP contribution in [-0.2, 0) is 16.0 Å². The standard InChI is InChI=1S/C21H26FN3O2/c22-18-4-3-6-19(10-18)24-12-17-11-21(27-14-17)15-25(8-9-26-16-21)13-20-5-1-2-7-23-20/h1-7,10,17,24H,8-9,11-16H2/t17-,21+/m0/s1. The molecule has 1 spiro atoms. The minimum absolute atomic E-state index is 0.221. The summed E-state index contributed by atoms with van der Waals surface area (Å²) in [6.45, 7) is 5.34. The molecule has 2 atom stereocenters. The van der Waals surface area contributed by atoms with Crippen molar-refractivity contribution in [3.8, 4) is 0 Å². The molecule has 1 N–H and O–H groups in total. The number of hydrogen-bond donors (Lipinski definition) is 1. The van der Waals surface area contributed by atoms with Crippen molar-refractivity contribution in [3.63, 3.8) is 0 Å². The minimum atomic E-state index is -0.264. The lowest BCUT2D eigenvalue weighted by Gasteiger charge is -2.31. The Morgan fingerprint density at radius 3 is 3.07 bits per heavy atom. The Labute approximate surface area is 159 Å². The Kier molecular flexibility index (Phi) is 5.66. The molecule has 6 heteroatoms. The highest BCUT2D eigenvalue weighted by Gasteiger charge is 2.43. The van der Waals surface area contributed by atoms with Gasteiger partial charge in [-0.25, -0.2) is 4.39 Å². The SMILES string of the molecule is Fc1cccc(NC[C@H]2CO[C@]3(COCCN(Cc4ccccn4)C3)C2)c1. The van der Waals surface area contributed by atoms with Crippen molar-refractivity contribution in [1.82, 2.24) is 9.88 Å². The van der Waals surface area contributed by atoms with E-state index in [2.05, 4.69) is 21.3 Å². The van der Waals surface area contributed by atoms with Crippen molar-refractivity contribution in [2.45, 2.75) is 18.6 Å². The molecule has 0 saturated carbocycles. The zero-order chi connectivity index (χ0) is 18.5. The molecule has 1 aromatic heterocycles. The predicted molar refractivity (Wildman–Crippen MR) is 102 cm³/mol. The molecule has 0 bridgehead atoms. The topological polar surface area (TPSA) is 46.6 Å². The summed E-state index contributed by atoms with van der Waals surface area (Å²) in [6, 6.07) is 12.6. The number of ether oxygens (including phenoxy) is 2. The highest BCUT2D eigenvalue weighted by Crippen LogP contribution is 2.33. The molecular weight excluding hydrogens is 345 g/mol. The Morgan fingerprint density at radius 2 is 2.22 bits per heavy atom. The van der Waals surface area contributed by atoms with Gasteiger partial charge in [0.1, 0.15) is 11.4 Å². The van der Waals surface area contributed by atoms with Crippen molar-refractivity contribution < 1.29 is 13.9 Å². The van der Waals surface area contributed by atoms with Gasteiger partial charge in [0.05, 0.1) is 25.5 Å². The van der Waals surface area contributed by atoms with Gasteiger partial charge in [-0.1, -0.05) is 12.1 Å². The molecule has 0 unspecified atom stereocenters. The zero-order valence-electron chi connectivity index (χ0n) is 15.4. The number of pyridine rings is 1. The number of nitrogens with one attached hydrogen (secondary N) is 1. The molecule has 0 radical (unpaired) electrons. The van der Waals surface area contributed by atoms with Crippen LogP contribution in [0.1, 0.15) is 12.1 Å². The largest absolute Gasteiger partial charge is 0.385 e. The quantitative estimate of drug-likeness (QED) is 0.876. The van der Waals surface area contributed by atoms with E-state index in [0.717, 1.165) is 44.0 Å². The van der Waals surface area contributed by atoms with Gasteiger partial charge in [-0.05, 0) is 36.8 Å². The van der Waals surface area contributed by atoms with Gasteiger partial charge in [-0.3, -0.25) is 9.88 Å². The van der Waals surface area contributed by atoms with Crippen LogP contribution in [0.25, 0.3) is 0 Å². The summed E-state index contributed by atoms with van der Waals surface area (Å²) in [7, 11) is 0. The van der Waals surface area contributed by atoms with E-state index in [1.807, 2.05) is 24.4 Å². The fourth-order valence-electron chi connectivity index (χ4n) is 3.98. The number of hydrogen-bond acceptors (Lipinski definition) is 5. The van der Waals surface area contributed by atoms with E-state index < -0.39 is 0 Å². The van der Waals surface area contributed by atoms with Gasteiger partial charge < -0.3 is 14.8 Å². The lowest BCUT2D eigenvalue weighted by molar-refractivity contribution is -0.0563. The molecule has 0 aliphatic carbocycles. The number of benzene rings is 1. The second-order valence-corrected chi connectivity index (χ2v) is 7.54. The van der Waals surface area contributed by atoms with Gasteiger partial charge in [0.25, 0.3) is 0 Å². The van der Waals surface area contributed by atoms with Crippen molar-refractivity contribution in [2.75, 3.05) is 44.8 Å². The number of anilines is 1. The first-order valence-corrected chi connectivity index (χ1v) is 9.54. The van der Waals surface area contributed by atoms with E-state index in [9.17, 15) is 4.39 Å². The van der Waals surface area contributed by atoms with Gasteiger partial charge in [0, 0.05) is 44.0 Å². The van der Waals surface area contributed by atoms with Crippen LogP contribution in [-0.4, -0.2) is 54.9 Å². The lowest BCUT2D eigenvalue weighted by atomic mass is 9.94. The van der Waals surface area contributed by atoms with Crippen molar-refractivity contribution in [1.29, 1.82) is 0 Å². The zero-order valence-corrected chi connectivity index (χ0v) is 15.4. The van der Waals surface area contributed by atoms with Crippen LogP contribution in [0.4, 0.5) is 10.1 Å². The first-order chi connectivity index (χ1) is 13.2. The van der Waals surface area contributed by atoms with Crippen LogP contribution >= 0.6 is 0 Å². The Balaban J connectivity index is 1.34. The van der Waals surface area contributed by atoms with Crippen molar-refractivity contribution in [3.05, 3.63) is 60.2 Å². The van der Waals surface area contributed by atoms with Crippen LogP contribution in [0.3, 0.4) is 0 Å². The third kappa shape index (κ3) is 4.83. The summed E-state index contributed by atoms with van der Waals surface area (Å²) < 4.78 is 25.5. The highest BCUT2D eigenvalue weighted by molar-refractivity contribution is 5.43. The maximum absolute atomic E-state index is 13.3. The first kappa shape index (κ1) is 18.3. The van der Waals surface area contributed by atoms with E-state index >= 15 is 0 Å². The maximum atomic E-state index is 13.3. The summed E-state index contributed by atoms with van der Waals surface area (Å²) in [5, 5.41) is 3.33. The molecule has 2 aliphatic heterocycles. The molecule has 2 fully saturated rings. The van der Waals surface area contributed by atoms with Crippen LogP contribution in [0, 0.1) is 11.7 Å². The molecule has 2 aromatic rings. The summed E-state index contributed by atoms with van der Waals surface area (Å²) in [5.41, 5.74) is 1.61. The number of rotatable bonds is 5. The second kappa shape index (κ2) is 8.33. The van der Waals surface area contributed by atoms with Gasteiger partial charge in [0.2, 0.25) is 0 Å². The average Bonchev–Trinajstić information content (AvgIpc) is 2.96. The summed E-state index contributed by atoms with van der Waals surface area (Å²) >= 11 is 0. The van der Waals surface area contributed by atoms with Gasteiger partial charge in [-0.2, -0.15) is 0 Å². The average molecular weight is 371 g/mol. The van der Waals surface area contributed by atoms with Crippen LogP contribution in [0.5, 0.6) is 0 Å². The third-order valence-electron chi connectivity index (χ3n) is 5.25. The molecule has 144 valence electrons. The molecule has 4 rings (SSSR count). The Bertz CT molecular complexity index is 745. The molecule has 0 amide bonds. The third-order valence-corrected chi connectivity index (χ3v) is 5.25. The van der Waals surface area contributed by atoms with E-state index in [0.29, 0.717) is 25.7 Å². The molecular formula is C21H26FN3O2. The first-order valence-electron chi connectivity index (χ1n) is 9.54. The summed E-state index contributed by atoms with van der Waals surface area (Å²) in [5.74, 6) is 0.160. The summed E-state index contributed by atoms with van der Waals surface area (Å²) in [4.78, 5) is 6.81. The molecule has 2 aliphatic rings. The number of aromatic nitrogens is 1. The summed E-state index contributed by atoms with van der Waals surface area (Å²) in [6.07, 6.45) is 2.77. The van der Waals surface area contributed by atoms with E-state index in [-0.39, 0.29) is 11.4 Å². The highest BCUT2D eigenvalue weighted by atomic mass is 19.1. The van der Waals surface area contributed by atoms with Crippen LogP contribution < -0.4 is 5.32 Å². The number of nitrogens with zero attached hydrogens (tertiary/aromatic N) is 2. The predicted octanol–water partition coefficient (Wildman–Crippen LogP) is 2.94. The van der Waals surface area contributed by atoms with Crippen molar-refractivity contribution >= 4 is 5.69 Å². The molecule has 5 nitrogen and oxygen atoms in total. The molecule has 27 heavy (non-hydrogen) atoms. The van der Waals surface area contributed by atoms with Gasteiger partial charge >= 0.3 is 0 Å². The van der Waals surface area contributed by atoms with Crippen LogP contribution in [0.15, 0.2) is 48.7 Å². The molecule has 1 aromatic carbocycles. The van der Waals surface area contributed by atoms with E-state index in [4.69, 9.17) is 9.47 Å². The fraction of sp³-hybridized carbons (Fsp3) is 0.476. The smallest absolute Gasteiger partial charge is 0.125 e. The second-order valence-electron chi connectivity index (χ2n) is 7.54. The van der Waals surface area contributed by atoms with E-state index in [1.54, 1.807) is 6.07 Å². The fourth-order valence-corrected chi connectivity index (χ4v) is 3.98. The van der Waals surface area contributed by atoms with Gasteiger partial charge in [-0.15, -0.1) is 0 Å². The Hall–Kier alpha value is -2.02. The maximum Gasteiger partial charge on any atom is 0.125 e. The molecule has 3 heterocycles. The Morgan fingerprint density at radius 1 is 1.26 bits per heavy atom. The van der Waals surface area contributed by atoms with Crippen LogP contribution in [0.2, 0.25) is 0 Å². The number of halogens is 1.